The Kier molecular flexibility index (Phi) is 4.32. The highest BCUT2D eigenvalue weighted by Crippen LogP contribution is 2.12. The van der Waals surface area contributed by atoms with Crippen LogP contribution in [0, 0.1) is 12.3 Å². The Morgan fingerprint density at radius 2 is 2.38 bits per heavy atom. The van der Waals surface area contributed by atoms with Crippen LogP contribution < -0.4 is 5.48 Å². The van der Waals surface area contributed by atoms with E-state index in [1.165, 1.54) is 7.11 Å². The van der Waals surface area contributed by atoms with Crippen LogP contribution in [0.5, 0.6) is 0 Å². The van der Waals surface area contributed by atoms with Gasteiger partial charge in [0.15, 0.2) is 0 Å². The zero-order chi connectivity index (χ0) is 12.0. The van der Waals surface area contributed by atoms with Crippen LogP contribution in [-0.2, 0) is 11.4 Å². The monoisotopic (exact) mass is 219 g/mol. The number of nitrogens with one attached hydrogen (secondary N) is 2. The summed E-state index contributed by atoms with van der Waals surface area (Å²) >= 11 is 0. The number of hydrogen-bond donors (Lipinski definition) is 2. The average Bonchev–Trinajstić information content (AvgIpc) is 2.27. The average molecular weight is 219 g/mol. The van der Waals surface area contributed by atoms with E-state index in [0.29, 0.717) is 6.54 Å². The van der Waals surface area contributed by atoms with E-state index in [9.17, 15) is 0 Å². The van der Waals surface area contributed by atoms with Crippen molar-refractivity contribution in [3.8, 4) is 0 Å². The van der Waals surface area contributed by atoms with Crippen molar-refractivity contribution in [2.24, 2.45) is 5.11 Å². The summed E-state index contributed by atoms with van der Waals surface area (Å²) in [5.74, 6) is 0.195. The van der Waals surface area contributed by atoms with Gasteiger partial charge in [-0.3, -0.25) is 10.2 Å². The number of amidine groups is 1. The molecule has 0 aliphatic rings. The molecule has 0 fully saturated rings. The predicted molar refractivity (Wildman–Crippen MR) is 61.0 cm³/mol. The number of hydrogen-bond acceptors (Lipinski definition) is 3. The lowest BCUT2D eigenvalue weighted by atomic mass is 10.0. The first-order valence-electron chi connectivity index (χ1n) is 4.67. The summed E-state index contributed by atoms with van der Waals surface area (Å²) in [6.45, 7) is 2.24. The molecule has 0 saturated carbocycles. The minimum absolute atomic E-state index is 0.195. The van der Waals surface area contributed by atoms with Gasteiger partial charge in [0.05, 0.1) is 13.7 Å². The van der Waals surface area contributed by atoms with Crippen LogP contribution >= 0.6 is 0 Å². The Morgan fingerprint density at radius 1 is 1.62 bits per heavy atom. The molecule has 0 radical (unpaired) electrons. The summed E-state index contributed by atoms with van der Waals surface area (Å²) in [5.41, 5.74) is 13.3. The Hall–Kier alpha value is -2.04. The third kappa shape index (κ3) is 2.98. The number of benzene rings is 1. The van der Waals surface area contributed by atoms with Crippen molar-refractivity contribution in [3.63, 3.8) is 0 Å². The zero-order valence-corrected chi connectivity index (χ0v) is 9.19. The van der Waals surface area contributed by atoms with Gasteiger partial charge in [-0.05, 0) is 29.6 Å². The maximum absolute atomic E-state index is 8.23. The Bertz CT molecular complexity index is 437. The van der Waals surface area contributed by atoms with E-state index in [-0.39, 0.29) is 5.84 Å². The molecule has 6 heteroatoms. The minimum atomic E-state index is 0.195. The molecule has 2 N–H and O–H groups in total. The van der Waals surface area contributed by atoms with Crippen LogP contribution in [0.15, 0.2) is 23.3 Å². The van der Waals surface area contributed by atoms with Gasteiger partial charge in [-0.1, -0.05) is 17.2 Å². The van der Waals surface area contributed by atoms with Crippen LogP contribution in [0.4, 0.5) is 0 Å². The molecule has 1 aromatic rings. The maximum Gasteiger partial charge on any atom is 0.149 e. The molecule has 0 aromatic heterocycles. The second kappa shape index (κ2) is 5.75. The highest BCUT2D eigenvalue weighted by Gasteiger charge is 2.03. The predicted octanol–water partition coefficient (Wildman–Crippen LogP) is 2.28. The molecule has 1 aromatic carbocycles. The van der Waals surface area contributed by atoms with E-state index in [1.54, 1.807) is 6.07 Å². The summed E-state index contributed by atoms with van der Waals surface area (Å²) in [4.78, 5) is 7.36. The molecule has 0 bridgehead atoms. The van der Waals surface area contributed by atoms with E-state index < -0.39 is 0 Å². The molecule has 1 rings (SSSR count). The molecule has 0 saturated heterocycles. The molecule has 0 aliphatic carbocycles. The number of aryl methyl sites for hydroxylation is 1. The van der Waals surface area contributed by atoms with Crippen LogP contribution in [0.2, 0.25) is 0 Å². The molecule has 0 amide bonds. The second-order valence-electron chi connectivity index (χ2n) is 3.21. The second-order valence-corrected chi connectivity index (χ2v) is 3.21. The van der Waals surface area contributed by atoms with E-state index >= 15 is 0 Å². The smallest absolute Gasteiger partial charge is 0.149 e. The minimum Gasteiger partial charge on any atom is -0.283 e. The third-order valence-corrected chi connectivity index (χ3v) is 2.14. The molecule has 0 unspecified atom stereocenters. The maximum atomic E-state index is 8.23. The van der Waals surface area contributed by atoms with E-state index in [2.05, 4.69) is 20.3 Å². The number of rotatable bonds is 4. The molecular weight excluding hydrogens is 206 g/mol. The fraction of sp³-hybridized carbons (Fsp3) is 0.300. The lowest BCUT2D eigenvalue weighted by Gasteiger charge is -2.08. The highest BCUT2D eigenvalue weighted by molar-refractivity contribution is 5.95. The van der Waals surface area contributed by atoms with Crippen molar-refractivity contribution in [2.75, 3.05) is 7.11 Å². The molecule has 0 atom stereocenters. The quantitative estimate of drug-likeness (QED) is 0.203. The first-order valence-corrected chi connectivity index (χ1v) is 4.67. The van der Waals surface area contributed by atoms with Crippen molar-refractivity contribution < 1.29 is 4.84 Å². The van der Waals surface area contributed by atoms with Gasteiger partial charge in [-0.2, -0.15) is 0 Å². The molecule has 0 spiro atoms. The molecule has 6 nitrogen and oxygen atoms in total. The van der Waals surface area contributed by atoms with Crippen LogP contribution in [0.3, 0.4) is 0 Å². The first-order chi connectivity index (χ1) is 7.69. The molecule has 0 heterocycles. The highest BCUT2D eigenvalue weighted by atomic mass is 16.6. The largest absolute Gasteiger partial charge is 0.283 e. The lowest BCUT2D eigenvalue weighted by Crippen LogP contribution is -2.21. The fourth-order valence-electron chi connectivity index (χ4n) is 1.30. The standard InChI is InChI=1S/C10H13N5O/c1-7-5-8(10(11)14-16-2)3-4-9(7)6-13-15-12/h3-5H,6H2,1-2H3,(H2,11,14). The van der Waals surface area contributed by atoms with Crippen molar-refractivity contribution in [2.45, 2.75) is 13.5 Å². The Labute approximate surface area is 93.3 Å². The molecule has 16 heavy (non-hydrogen) atoms. The molecule has 0 aliphatic heterocycles. The van der Waals surface area contributed by atoms with Gasteiger partial charge in [0.25, 0.3) is 0 Å². The summed E-state index contributed by atoms with van der Waals surface area (Å²) in [7, 11) is 1.46. The van der Waals surface area contributed by atoms with E-state index in [1.807, 2.05) is 19.1 Å². The SMILES string of the molecule is CONC(=N)c1ccc(CN=[N+]=[N-])c(C)c1. The van der Waals surface area contributed by atoms with Gasteiger partial charge in [0, 0.05) is 10.5 Å². The van der Waals surface area contributed by atoms with Gasteiger partial charge in [0.1, 0.15) is 5.84 Å². The summed E-state index contributed by atoms with van der Waals surface area (Å²) in [6.07, 6.45) is 0. The van der Waals surface area contributed by atoms with Crippen LogP contribution in [0.25, 0.3) is 10.4 Å². The fourth-order valence-corrected chi connectivity index (χ4v) is 1.30. The summed E-state index contributed by atoms with van der Waals surface area (Å²) < 4.78 is 0. The number of azide groups is 1. The normalized spacial score (nSPS) is 9.38. The molecule has 84 valence electrons. The number of hydroxylamine groups is 1. The van der Waals surface area contributed by atoms with Gasteiger partial charge < -0.3 is 0 Å². The Balaban J connectivity index is 2.90. The van der Waals surface area contributed by atoms with E-state index in [4.69, 9.17) is 10.9 Å². The number of nitrogens with zero attached hydrogens (tertiary/aromatic N) is 3. The summed E-state index contributed by atoms with van der Waals surface area (Å²) in [6, 6.07) is 5.46. The summed E-state index contributed by atoms with van der Waals surface area (Å²) in [5, 5.41) is 11.1. The van der Waals surface area contributed by atoms with Gasteiger partial charge in [-0.15, -0.1) is 0 Å². The van der Waals surface area contributed by atoms with Gasteiger partial charge >= 0.3 is 0 Å². The van der Waals surface area contributed by atoms with Crippen molar-refractivity contribution in [1.29, 1.82) is 5.41 Å². The third-order valence-electron chi connectivity index (χ3n) is 2.14. The lowest BCUT2D eigenvalue weighted by molar-refractivity contribution is 0.144. The zero-order valence-electron chi connectivity index (χ0n) is 9.19. The first kappa shape index (κ1) is 12.0. The van der Waals surface area contributed by atoms with Crippen molar-refractivity contribution >= 4 is 5.84 Å². The van der Waals surface area contributed by atoms with Crippen molar-refractivity contribution in [1.82, 2.24) is 5.48 Å². The van der Waals surface area contributed by atoms with Crippen LogP contribution in [0.1, 0.15) is 16.7 Å². The van der Waals surface area contributed by atoms with Gasteiger partial charge in [0.2, 0.25) is 0 Å². The van der Waals surface area contributed by atoms with Crippen LogP contribution in [-0.4, -0.2) is 12.9 Å². The van der Waals surface area contributed by atoms with Gasteiger partial charge in [-0.25, -0.2) is 5.48 Å². The Morgan fingerprint density at radius 3 is 2.94 bits per heavy atom. The van der Waals surface area contributed by atoms with E-state index in [0.717, 1.165) is 16.7 Å². The van der Waals surface area contributed by atoms with Crippen molar-refractivity contribution in [3.05, 3.63) is 45.3 Å². The topological polar surface area (TPSA) is 93.9 Å². The molecular formula is C10H13N5O.